The maximum absolute atomic E-state index is 13.6. The quantitative estimate of drug-likeness (QED) is 0.652. The van der Waals surface area contributed by atoms with E-state index in [0.29, 0.717) is 12.6 Å². The van der Waals surface area contributed by atoms with Gasteiger partial charge in [0.25, 0.3) is 0 Å². The van der Waals surface area contributed by atoms with Crippen LogP contribution in [-0.2, 0) is 13.1 Å². The molecule has 0 radical (unpaired) electrons. The van der Waals surface area contributed by atoms with Crippen molar-refractivity contribution in [2.75, 3.05) is 0 Å². The summed E-state index contributed by atoms with van der Waals surface area (Å²) in [6.45, 7) is 0.531. The predicted molar refractivity (Wildman–Crippen MR) is 77.7 cm³/mol. The molecule has 1 N–H and O–H groups in total. The molecule has 21 heavy (non-hydrogen) atoms. The van der Waals surface area contributed by atoms with Gasteiger partial charge in [-0.15, -0.1) is 0 Å². The van der Waals surface area contributed by atoms with Gasteiger partial charge in [-0.05, 0) is 17.7 Å². The molecule has 110 valence electrons. The van der Waals surface area contributed by atoms with Crippen LogP contribution in [0.25, 0.3) is 0 Å². The minimum absolute atomic E-state index is 0.0538. The summed E-state index contributed by atoms with van der Waals surface area (Å²) in [7, 11) is 0. The van der Waals surface area contributed by atoms with E-state index in [1.807, 2.05) is 24.3 Å². The van der Waals surface area contributed by atoms with Gasteiger partial charge >= 0.3 is 5.69 Å². The smallest absolute Gasteiger partial charge is 0.305 e. The molecule has 0 bridgehead atoms. The Bertz CT molecular complexity index is 680. The van der Waals surface area contributed by atoms with E-state index >= 15 is 0 Å². The van der Waals surface area contributed by atoms with Crippen molar-refractivity contribution in [2.45, 2.75) is 13.1 Å². The number of rotatable bonds is 5. The highest BCUT2D eigenvalue weighted by molar-refractivity contribution is 9.10. The number of hydrogen-bond donors (Lipinski definition) is 1. The fourth-order valence-electron chi connectivity index (χ4n) is 1.84. The van der Waals surface area contributed by atoms with Gasteiger partial charge in [0.2, 0.25) is 5.82 Å². The first-order valence-corrected chi connectivity index (χ1v) is 6.84. The lowest BCUT2D eigenvalue weighted by atomic mass is 10.1. The second-order valence-electron chi connectivity index (χ2n) is 4.39. The average Bonchev–Trinajstić information content (AvgIpc) is 2.41. The lowest BCUT2D eigenvalue weighted by molar-refractivity contribution is -0.387. The van der Waals surface area contributed by atoms with Crippen LogP contribution >= 0.6 is 15.9 Å². The Morgan fingerprint density at radius 1 is 1.14 bits per heavy atom. The summed E-state index contributed by atoms with van der Waals surface area (Å²) in [6, 6.07) is 8.99. The molecule has 0 amide bonds. The molecule has 4 nitrogen and oxygen atoms in total. The third kappa shape index (κ3) is 4.05. The molecule has 7 heteroatoms. The van der Waals surface area contributed by atoms with E-state index in [1.54, 1.807) is 0 Å². The summed E-state index contributed by atoms with van der Waals surface area (Å²) in [5.74, 6) is -1.98. The van der Waals surface area contributed by atoms with Crippen LogP contribution in [-0.4, -0.2) is 4.92 Å². The Balaban J connectivity index is 2.06. The Labute approximate surface area is 128 Å². The number of benzene rings is 2. The lowest BCUT2D eigenvalue weighted by Crippen LogP contribution is -2.14. The van der Waals surface area contributed by atoms with Crippen molar-refractivity contribution in [3.8, 4) is 0 Å². The van der Waals surface area contributed by atoms with E-state index in [1.165, 1.54) is 0 Å². The van der Waals surface area contributed by atoms with Crippen molar-refractivity contribution in [1.29, 1.82) is 0 Å². The number of halogens is 3. The lowest BCUT2D eigenvalue weighted by Gasteiger charge is -2.07. The molecule has 0 aliphatic rings. The minimum atomic E-state index is -1.17. The summed E-state index contributed by atoms with van der Waals surface area (Å²) in [4.78, 5) is 9.77. The average molecular weight is 357 g/mol. The molecule has 0 unspecified atom stereocenters. The van der Waals surface area contributed by atoms with Crippen LogP contribution in [0.15, 0.2) is 40.9 Å². The molecule has 2 rings (SSSR count). The topological polar surface area (TPSA) is 55.2 Å². The van der Waals surface area contributed by atoms with E-state index in [0.717, 1.165) is 16.1 Å². The zero-order chi connectivity index (χ0) is 15.4. The van der Waals surface area contributed by atoms with Gasteiger partial charge in [-0.25, -0.2) is 4.39 Å². The molecule has 0 heterocycles. The minimum Gasteiger partial charge on any atom is -0.309 e. The van der Waals surface area contributed by atoms with E-state index < -0.39 is 22.2 Å². The van der Waals surface area contributed by atoms with Gasteiger partial charge in [0.15, 0.2) is 0 Å². The van der Waals surface area contributed by atoms with Gasteiger partial charge in [0, 0.05) is 35.3 Å². The molecular formula is C14H11BrF2N2O2. The summed E-state index contributed by atoms with van der Waals surface area (Å²) in [6.07, 6.45) is 0. The molecular weight excluding hydrogens is 346 g/mol. The first-order chi connectivity index (χ1) is 9.97. The molecule has 0 saturated heterocycles. The molecule has 0 fully saturated rings. The SMILES string of the molecule is O=[N+]([O-])c1cc(CNCc2cccc(Br)c2)c(F)cc1F. The fraction of sp³-hybridized carbons (Fsp3) is 0.143. The number of hydrogen-bond acceptors (Lipinski definition) is 3. The van der Waals surface area contributed by atoms with Gasteiger partial charge < -0.3 is 5.32 Å². The van der Waals surface area contributed by atoms with Gasteiger partial charge in [-0.3, -0.25) is 10.1 Å². The normalized spacial score (nSPS) is 10.6. The highest BCUT2D eigenvalue weighted by Gasteiger charge is 2.18. The number of nitrogens with one attached hydrogen (secondary N) is 1. The van der Waals surface area contributed by atoms with Crippen molar-refractivity contribution in [2.24, 2.45) is 0 Å². The van der Waals surface area contributed by atoms with E-state index in [4.69, 9.17) is 0 Å². The monoisotopic (exact) mass is 356 g/mol. The van der Waals surface area contributed by atoms with Crippen LogP contribution in [0.4, 0.5) is 14.5 Å². The van der Waals surface area contributed by atoms with Gasteiger partial charge in [0.05, 0.1) is 4.92 Å². The highest BCUT2D eigenvalue weighted by atomic mass is 79.9. The van der Waals surface area contributed by atoms with Gasteiger partial charge in [0.1, 0.15) is 5.82 Å². The van der Waals surface area contributed by atoms with Crippen LogP contribution in [0.5, 0.6) is 0 Å². The molecule has 0 atom stereocenters. The standard InChI is InChI=1S/C14H11BrF2N2O2/c15-11-3-1-2-9(4-11)7-18-8-10-5-14(19(20)21)13(17)6-12(10)16/h1-6,18H,7-8H2. The largest absolute Gasteiger partial charge is 0.309 e. The second kappa shape index (κ2) is 6.73. The van der Waals surface area contributed by atoms with Crippen molar-refractivity contribution in [1.82, 2.24) is 5.32 Å². The molecule has 0 aliphatic heterocycles. The summed E-state index contributed by atoms with van der Waals surface area (Å²) in [5.41, 5.74) is 0.301. The third-order valence-electron chi connectivity index (χ3n) is 2.85. The molecule has 0 aromatic heterocycles. The van der Waals surface area contributed by atoms with Crippen molar-refractivity contribution in [3.63, 3.8) is 0 Å². The maximum atomic E-state index is 13.6. The first kappa shape index (κ1) is 15.5. The summed E-state index contributed by atoms with van der Waals surface area (Å²) < 4.78 is 27.7. The molecule has 2 aromatic rings. The van der Waals surface area contributed by atoms with Crippen LogP contribution in [0.2, 0.25) is 0 Å². The number of nitro groups is 1. The van der Waals surface area contributed by atoms with Crippen LogP contribution in [0.3, 0.4) is 0 Å². The van der Waals surface area contributed by atoms with E-state index in [9.17, 15) is 18.9 Å². The Morgan fingerprint density at radius 3 is 2.57 bits per heavy atom. The Hall–Kier alpha value is -1.86. The van der Waals surface area contributed by atoms with Crippen molar-refractivity contribution in [3.05, 3.63) is 73.7 Å². The van der Waals surface area contributed by atoms with Crippen molar-refractivity contribution >= 4 is 21.6 Å². The van der Waals surface area contributed by atoms with Crippen LogP contribution < -0.4 is 5.32 Å². The van der Waals surface area contributed by atoms with Gasteiger partial charge in [-0.2, -0.15) is 4.39 Å². The Morgan fingerprint density at radius 2 is 1.90 bits per heavy atom. The van der Waals surface area contributed by atoms with Crippen molar-refractivity contribution < 1.29 is 13.7 Å². The molecule has 0 saturated carbocycles. The molecule has 0 aliphatic carbocycles. The first-order valence-electron chi connectivity index (χ1n) is 6.05. The number of nitro benzene ring substituents is 1. The maximum Gasteiger partial charge on any atom is 0.305 e. The number of nitrogens with zero attached hydrogens (tertiary/aromatic N) is 1. The van der Waals surface area contributed by atoms with E-state index in [-0.39, 0.29) is 12.1 Å². The molecule has 2 aromatic carbocycles. The van der Waals surface area contributed by atoms with E-state index in [2.05, 4.69) is 21.2 Å². The zero-order valence-corrected chi connectivity index (χ0v) is 12.4. The van der Waals surface area contributed by atoms with Crippen LogP contribution in [0.1, 0.15) is 11.1 Å². The second-order valence-corrected chi connectivity index (χ2v) is 5.30. The summed E-state index contributed by atoms with van der Waals surface area (Å²) >= 11 is 3.34. The molecule has 0 spiro atoms. The fourth-order valence-corrected chi connectivity index (χ4v) is 2.29. The summed E-state index contributed by atoms with van der Waals surface area (Å²) in [5, 5.41) is 13.6. The van der Waals surface area contributed by atoms with Crippen LogP contribution in [0, 0.1) is 21.7 Å². The predicted octanol–water partition coefficient (Wildman–Crippen LogP) is 3.93. The highest BCUT2D eigenvalue weighted by Crippen LogP contribution is 2.21. The zero-order valence-electron chi connectivity index (χ0n) is 10.8. The third-order valence-corrected chi connectivity index (χ3v) is 3.34. The van der Waals surface area contributed by atoms with Gasteiger partial charge in [-0.1, -0.05) is 28.1 Å². The Kier molecular flexibility index (Phi) is 4.98.